The van der Waals surface area contributed by atoms with Crippen molar-refractivity contribution >= 4 is 23.8 Å². The van der Waals surface area contributed by atoms with Gasteiger partial charge in [0.05, 0.1) is 6.42 Å². The quantitative estimate of drug-likeness (QED) is 0.592. The highest BCUT2D eigenvalue weighted by molar-refractivity contribution is 6.05. The van der Waals surface area contributed by atoms with Crippen LogP contribution in [-0.2, 0) is 19.2 Å². The van der Waals surface area contributed by atoms with Gasteiger partial charge in [-0.25, -0.2) is 4.79 Å². The van der Waals surface area contributed by atoms with Gasteiger partial charge in [-0.1, -0.05) is 12.2 Å². The first-order valence-electron chi connectivity index (χ1n) is 7.36. The summed E-state index contributed by atoms with van der Waals surface area (Å²) in [5, 5.41) is 17.2. The van der Waals surface area contributed by atoms with Crippen molar-refractivity contribution in [3.05, 3.63) is 12.2 Å². The monoisotopic (exact) mass is 309 g/mol. The van der Waals surface area contributed by atoms with Crippen LogP contribution in [0.1, 0.15) is 38.5 Å². The number of carbonyl (C=O) groups excluding carboxylic acids is 2. The van der Waals surface area contributed by atoms with Gasteiger partial charge in [0, 0.05) is 12.8 Å². The summed E-state index contributed by atoms with van der Waals surface area (Å²) in [7, 11) is 0. The van der Waals surface area contributed by atoms with E-state index in [0.717, 1.165) is 11.8 Å². The molecular weight excluding hydrogens is 290 g/mol. The van der Waals surface area contributed by atoms with Crippen molar-refractivity contribution in [2.24, 2.45) is 11.8 Å². The van der Waals surface area contributed by atoms with Crippen LogP contribution in [0, 0.1) is 11.8 Å². The molecule has 7 heteroatoms. The molecule has 7 nitrogen and oxygen atoms in total. The fourth-order valence-electron chi connectivity index (χ4n) is 3.11. The molecule has 0 radical (unpaired) electrons. The highest BCUT2D eigenvalue weighted by atomic mass is 16.4. The van der Waals surface area contributed by atoms with Crippen LogP contribution in [0.4, 0.5) is 0 Å². The Morgan fingerprint density at radius 1 is 1.09 bits per heavy atom. The molecule has 2 aliphatic carbocycles. The van der Waals surface area contributed by atoms with Crippen LogP contribution in [0.25, 0.3) is 0 Å². The van der Waals surface area contributed by atoms with Gasteiger partial charge in [-0.3, -0.25) is 19.3 Å². The van der Waals surface area contributed by atoms with E-state index in [0.29, 0.717) is 4.90 Å². The minimum atomic E-state index is -1.59. The molecule has 1 aliphatic heterocycles. The van der Waals surface area contributed by atoms with Gasteiger partial charge in [-0.05, 0) is 31.1 Å². The maximum absolute atomic E-state index is 11.2. The zero-order valence-electron chi connectivity index (χ0n) is 12.1. The number of hydrogen-bond donors (Lipinski definition) is 2. The van der Waals surface area contributed by atoms with E-state index in [-0.39, 0.29) is 12.8 Å². The van der Waals surface area contributed by atoms with Crippen LogP contribution in [0.15, 0.2) is 12.2 Å². The number of rotatable bonds is 4. The number of carboxylic acids is 2. The summed E-state index contributed by atoms with van der Waals surface area (Å²) in [6, 6.07) is -1.59. The summed E-state index contributed by atoms with van der Waals surface area (Å²) in [6.07, 6.45) is 8.31. The zero-order chi connectivity index (χ0) is 16.3. The average molecular weight is 309 g/mol. The lowest BCUT2D eigenvalue weighted by atomic mass is 10.1. The first-order valence-corrected chi connectivity index (χ1v) is 7.36. The number of likely N-dealkylation sites (tertiary alicyclic amines) is 1. The smallest absolute Gasteiger partial charge is 0.327 e. The Morgan fingerprint density at radius 3 is 1.86 bits per heavy atom. The van der Waals surface area contributed by atoms with Crippen LogP contribution in [-0.4, -0.2) is 44.9 Å². The van der Waals surface area contributed by atoms with Crippen molar-refractivity contribution in [1.29, 1.82) is 0 Å². The van der Waals surface area contributed by atoms with E-state index in [1.54, 1.807) is 0 Å². The molecule has 1 saturated carbocycles. The number of nitrogens with zero attached hydrogens (tertiary/aromatic N) is 1. The maximum Gasteiger partial charge on any atom is 0.327 e. The molecular formula is C15H19NO6. The van der Waals surface area contributed by atoms with Crippen molar-refractivity contribution in [3.8, 4) is 0 Å². The van der Waals surface area contributed by atoms with Gasteiger partial charge in [0.15, 0.2) is 0 Å². The number of hydrogen-bond acceptors (Lipinski definition) is 4. The molecule has 3 aliphatic rings. The predicted octanol–water partition coefficient (Wildman–Crippen LogP) is 1.04. The lowest BCUT2D eigenvalue weighted by molar-refractivity contribution is -0.157. The summed E-state index contributed by atoms with van der Waals surface area (Å²) in [5.41, 5.74) is 0. The fraction of sp³-hybridized carbons (Fsp3) is 0.600. The number of aliphatic carboxylic acids is 2. The lowest BCUT2D eigenvalue weighted by Gasteiger charge is -2.20. The molecule has 1 saturated heterocycles. The molecule has 2 fully saturated rings. The van der Waals surface area contributed by atoms with E-state index in [2.05, 4.69) is 12.2 Å². The molecule has 22 heavy (non-hydrogen) atoms. The first-order chi connectivity index (χ1) is 10.4. The maximum atomic E-state index is 11.2. The lowest BCUT2D eigenvalue weighted by Crippen LogP contribution is -2.45. The molecule has 0 aromatic carbocycles. The molecule has 3 atom stereocenters. The fourth-order valence-corrected chi connectivity index (χ4v) is 3.11. The summed E-state index contributed by atoms with van der Waals surface area (Å²) in [6.45, 7) is 0. The molecule has 2 bridgehead atoms. The van der Waals surface area contributed by atoms with E-state index < -0.39 is 36.2 Å². The third-order valence-electron chi connectivity index (χ3n) is 4.22. The number of amides is 2. The highest BCUT2D eigenvalue weighted by Crippen LogP contribution is 2.38. The number of allylic oxidation sites excluding steroid dienone is 2. The molecule has 3 unspecified atom stereocenters. The molecule has 0 aromatic rings. The minimum absolute atomic E-state index is 0.0533. The van der Waals surface area contributed by atoms with Gasteiger partial charge in [-0.2, -0.15) is 0 Å². The van der Waals surface area contributed by atoms with Gasteiger partial charge in [0.25, 0.3) is 0 Å². The predicted molar refractivity (Wildman–Crippen MR) is 74.7 cm³/mol. The van der Waals surface area contributed by atoms with Gasteiger partial charge >= 0.3 is 11.9 Å². The average Bonchev–Trinajstić information content (AvgIpc) is 3.15. The molecule has 120 valence electrons. The van der Waals surface area contributed by atoms with E-state index in [9.17, 15) is 19.2 Å². The Hall–Kier alpha value is -2.18. The van der Waals surface area contributed by atoms with Crippen molar-refractivity contribution in [2.75, 3.05) is 0 Å². The third kappa shape index (κ3) is 3.72. The molecule has 0 spiro atoms. The second-order valence-corrected chi connectivity index (χ2v) is 5.83. The van der Waals surface area contributed by atoms with E-state index in [1.165, 1.54) is 19.3 Å². The van der Waals surface area contributed by atoms with Crippen LogP contribution in [0.3, 0.4) is 0 Å². The Labute approximate surface area is 127 Å². The van der Waals surface area contributed by atoms with E-state index >= 15 is 0 Å². The van der Waals surface area contributed by atoms with Crippen LogP contribution in [0.2, 0.25) is 0 Å². The Kier molecular flexibility index (Phi) is 4.95. The van der Waals surface area contributed by atoms with Gasteiger partial charge in [0.1, 0.15) is 6.04 Å². The minimum Gasteiger partial charge on any atom is -0.481 e. The van der Waals surface area contributed by atoms with Crippen LogP contribution in [0.5, 0.6) is 0 Å². The summed E-state index contributed by atoms with van der Waals surface area (Å²) < 4.78 is 0. The van der Waals surface area contributed by atoms with Gasteiger partial charge in [-0.15, -0.1) is 0 Å². The molecule has 3 rings (SSSR count). The topological polar surface area (TPSA) is 112 Å². The molecule has 2 N–H and O–H groups in total. The number of carbonyl (C=O) groups is 4. The van der Waals surface area contributed by atoms with Gasteiger partial charge in [0.2, 0.25) is 11.8 Å². The third-order valence-corrected chi connectivity index (χ3v) is 4.22. The van der Waals surface area contributed by atoms with Crippen LogP contribution < -0.4 is 0 Å². The van der Waals surface area contributed by atoms with E-state index in [4.69, 9.17) is 10.2 Å². The molecule has 2 amide bonds. The molecule has 0 aromatic heterocycles. The number of carboxylic acid groups (broad SMARTS) is 2. The Morgan fingerprint density at radius 2 is 1.59 bits per heavy atom. The summed E-state index contributed by atoms with van der Waals surface area (Å²) >= 11 is 0. The standard InChI is InChI=1S/C8H9NO6.C7H10/c10-5-1-2-6(11)9(5)4(8(14)15)3-7(12)13;1-2-7-4-3-6(1)5-7/h4H,1-3H2,(H,12,13)(H,14,15);1-2,6-7H,3-5H2. The number of fused-ring (bicyclic) bond motifs is 2. The Bertz CT molecular complexity index is 498. The van der Waals surface area contributed by atoms with Crippen molar-refractivity contribution in [1.82, 2.24) is 4.90 Å². The largest absolute Gasteiger partial charge is 0.481 e. The summed E-state index contributed by atoms with van der Waals surface area (Å²) in [4.78, 5) is 43.9. The number of imide groups is 1. The SMILES string of the molecule is C1=CC2CCC1C2.O=C(O)CC(C(=O)O)N1C(=O)CCC1=O. The normalized spacial score (nSPS) is 26.8. The second-order valence-electron chi connectivity index (χ2n) is 5.83. The van der Waals surface area contributed by atoms with Crippen molar-refractivity contribution < 1.29 is 29.4 Å². The van der Waals surface area contributed by atoms with Crippen molar-refractivity contribution in [3.63, 3.8) is 0 Å². The Balaban J connectivity index is 0.000000205. The zero-order valence-corrected chi connectivity index (χ0v) is 12.1. The van der Waals surface area contributed by atoms with Crippen molar-refractivity contribution in [2.45, 2.75) is 44.6 Å². The summed E-state index contributed by atoms with van der Waals surface area (Å²) in [5.74, 6) is -2.13. The van der Waals surface area contributed by atoms with E-state index in [1.807, 2.05) is 0 Å². The van der Waals surface area contributed by atoms with Gasteiger partial charge < -0.3 is 10.2 Å². The van der Waals surface area contributed by atoms with Crippen LogP contribution >= 0.6 is 0 Å². The highest BCUT2D eigenvalue weighted by Gasteiger charge is 2.39. The first kappa shape index (κ1) is 16.2. The molecule has 1 heterocycles. The second kappa shape index (κ2) is 6.72.